The van der Waals surface area contributed by atoms with E-state index in [2.05, 4.69) is 0 Å². The highest BCUT2D eigenvalue weighted by Gasteiger charge is 2.52. The number of carbonyl (C=O) groups excluding carboxylic acids is 2. The Morgan fingerprint density at radius 1 is 1.12 bits per heavy atom. The van der Waals surface area contributed by atoms with Crippen LogP contribution in [0.4, 0.5) is 9.18 Å². The van der Waals surface area contributed by atoms with Crippen LogP contribution in [-0.4, -0.2) is 71.4 Å². The lowest BCUT2D eigenvalue weighted by Crippen LogP contribution is -2.56. The first-order valence-corrected chi connectivity index (χ1v) is 11.5. The summed E-state index contributed by atoms with van der Waals surface area (Å²) in [5, 5.41) is 0. The summed E-state index contributed by atoms with van der Waals surface area (Å²) in [4.78, 5) is 28.9. The van der Waals surface area contributed by atoms with Gasteiger partial charge in [-0.3, -0.25) is 4.79 Å². The zero-order valence-electron chi connectivity index (χ0n) is 21.2. The van der Waals surface area contributed by atoms with Gasteiger partial charge in [-0.25, -0.2) is 9.18 Å². The third kappa shape index (κ3) is 5.19. The summed E-state index contributed by atoms with van der Waals surface area (Å²) in [6, 6.07) is 2.80. The van der Waals surface area contributed by atoms with Crippen LogP contribution in [-0.2, 0) is 14.0 Å². The Kier molecular flexibility index (Phi) is 6.63. The molecule has 0 spiro atoms. The lowest BCUT2D eigenvalue weighted by Gasteiger charge is -2.40. The molecular formula is C24H36BFN2O5. The number of aryl methyl sites for hydroxylation is 1. The Hall–Kier alpha value is -2.13. The van der Waals surface area contributed by atoms with E-state index in [0.29, 0.717) is 30.7 Å². The van der Waals surface area contributed by atoms with Crippen molar-refractivity contribution < 1.29 is 28.0 Å². The van der Waals surface area contributed by atoms with E-state index in [9.17, 15) is 9.59 Å². The smallest absolute Gasteiger partial charge is 0.444 e. The van der Waals surface area contributed by atoms with Gasteiger partial charge in [0.1, 0.15) is 11.4 Å². The van der Waals surface area contributed by atoms with Gasteiger partial charge in [0.25, 0.3) is 5.91 Å². The molecule has 1 unspecified atom stereocenters. The van der Waals surface area contributed by atoms with Crippen molar-refractivity contribution in [2.45, 2.75) is 85.2 Å². The van der Waals surface area contributed by atoms with Crippen LogP contribution in [0.1, 0.15) is 71.3 Å². The lowest BCUT2D eigenvalue weighted by molar-refractivity contribution is 0.00578. The van der Waals surface area contributed by atoms with Crippen molar-refractivity contribution in [3.8, 4) is 0 Å². The van der Waals surface area contributed by atoms with Crippen LogP contribution in [0.15, 0.2) is 12.1 Å². The largest absolute Gasteiger partial charge is 0.494 e. The van der Waals surface area contributed by atoms with Crippen molar-refractivity contribution in [1.29, 1.82) is 0 Å². The molecular weight excluding hydrogens is 426 g/mol. The fourth-order valence-corrected chi connectivity index (χ4v) is 4.05. The number of hydrogen-bond acceptors (Lipinski definition) is 5. The van der Waals surface area contributed by atoms with Crippen LogP contribution >= 0.6 is 0 Å². The van der Waals surface area contributed by atoms with Gasteiger partial charge in [-0.15, -0.1) is 0 Å². The van der Waals surface area contributed by atoms with E-state index in [-0.39, 0.29) is 17.5 Å². The molecule has 0 N–H and O–H groups in total. The quantitative estimate of drug-likeness (QED) is 0.630. The second-order valence-corrected chi connectivity index (χ2v) is 11.1. The number of carbonyl (C=O) groups is 2. The van der Waals surface area contributed by atoms with Crippen LogP contribution in [0, 0.1) is 12.7 Å². The lowest BCUT2D eigenvalue weighted by atomic mass is 9.77. The molecule has 0 bridgehead atoms. The molecule has 33 heavy (non-hydrogen) atoms. The number of hydrogen-bond donors (Lipinski definition) is 0. The van der Waals surface area contributed by atoms with Gasteiger partial charge in [-0.1, -0.05) is 6.07 Å². The van der Waals surface area contributed by atoms with Crippen LogP contribution in [0.25, 0.3) is 0 Å². The molecule has 2 heterocycles. The van der Waals surface area contributed by atoms with Gasteiger partial charge in [0.15, 0.2) is 0 Å². The third-order valence-electron chi connectivity index (χ3n) is 6.59. The summed E-state index contributed by atoms with van der Waals surface area (Å²) in [6.07, 6.45) is -0.407. The van der Waals surface area contributed by atoms with E-state index in [1.54, 1.807) is 22.8 Å². The molecule has 7 nitrogen and oxygen atoms in total. The van der Waals surface area contributed by atoms with Gasteiger partial charge in [-0.2, -0.15) is 0 Å². The fraction of sp³-hybridized carbons (Fsp3) is 0.667. The maximum atomic E-state index is 15.2. The zero-order valence-corrected chi connectivity index (χ0v) is 21.2. The molecule has 1 aromatic carbocycles. The number of benzene rings is 1. The minimum absolute atomic E-state index is 0.0350. The van der Waals surface area contributed by atoms with Crippen LogP contribution in [0.2, 0.25) is 0 Å². The SMILES string of the molecule is Cc1cc(B2OC(C)(C)C(C)(C)O2)cc(F)c1C(=O)N1CCN(C(=O)OC(C)(C)C)CC1C. The standard InChI is InChI=1S/C24H36BFN2O5/c1-15-12-17(25-32-23(6,7)24(8,9)33-25)13-18(26)19(15)20(29)28-11-10-27(14-16(28)2)21(30)31-22(3,4)5/h12-13,16H,10-11,14H2,1-9H3. The highest BCUT2D eigenvalue weighted by Crippen LogP contribution is 2.36. The summed E-state index contributed by atoms with van der Waals surface area (Å²) in [5.74, 6) is -0.992. The molecule has 182 valence electrons. The molecule has 0 aliphatic carbocycles. The maximum Gasteiger partial charge on any atom is 0.494 e. The van der Waals surface area contributed by atoms with E-state index < -0.39 is 35.8 Å². The van der Waals surface area contributed by atoms with Crippen molar-refractivity contribution in [3.63, 3.8) is 0 Å². The zero-order chi connectivity index (χ0) is 24.9. The van der Waals surface area contributed by atoms with Gasteiger partial charge in [0, 0.05) is 25.7 Å². The first kappa shape index (κ1) is 25.5. The summed E-state index contributed by atoms with van der Waals surface area (Å²) in [6.45, 7) is 17.7. The van der Waals surface area contributed by atoms with Crippen LogP contribution in [0.3, 0.4) is 0 Å². The Morgan fingerprint density at radius 3 is 2.18 bits per heavy atom. The molecule has 3 rings (SSSR count). The predicted molar refractivity (Wildman–Crippen MR) is 125 cm³/mol. The van der Waals surface area contributed by atoms with Gasteiger partial charge < -0.3 is 23.8 Å². The van der Waals surface area contributed by atoms with E-state index in [1.807, 2.05) is 55.4 Å². The van der Waals surface area contributed by atoms with E-state index in [0.717, 1.165) is 0 Å². The molecule has 0 aromatic heterocycles. The van der Waals surface area contributed by atoms with Crippen molar-refractivity contribution in [2.24, 2.45) is 0 Å². The molecule has 2 aliphatic heterocycles. The molecule has 2 amide bonds. The van der Waals surface area contributed by atoms with Crippen molar-refractivity contribution in [2.75, 3.05) is 19.6 Å². The van der Waals surface area contributed by atoms with Crippen molar-refractivity contribution in [3.05, 3.63) is 29.1 Å². The number of amides is 2. The van der Waals surface area contributed by atoms with E-state index in [4.69, 9.17) is 14.0 Å². The molecule has 2 saturated heterocycles. The van der Waals surface area contributed by atoms with Crippen LogP contribution < -0.4 is 5.46 Å². The predicted octanol–water partition coefficient (Wildman–Crippen LogP) is 3.51. The average molecular weight is 462 g/mol. The van der Waals surface area contributed by atoms with E-state index in [1.165, 1.54) is 6.07 Å². The first-order chi connectivity index (χ1) is 15.0. The van der Waals surface area contributed by atoms with Gasteiger partial charge in [0.05, 0.1) is 16.8 Å². The average Bonchev–Trinajstić information content (AvgIpc) is 2.87. The Morgan fingerprint density at radius 2 is 1.70 bits per heavy atom. The van der Waals surface area contributed by atoms with Crippen molar-refractivity contribution >= 4 is 24.6 Å². The van der Waals surface area contributed by atoms with Crippen LogP contribution in [0.5, 0.6) is 0 Å². The molecule has 1 atom stereocenters. The summed E-state index contributed by atoms with van der Waals surface area (Å²) >= 11 is 0. The Labute approximate surface area is 196 Å². The van der Waals surface area contributed by atoms with Crippen molar-refractivity contribution in [1.82, 2.24) is 9.80 Å². The van der Waals surface area contributed by atoms with E-state index >= 15 is 4.39 Å². The van der Waals surface area contributed by atoms with Gasteiger partial charge >= 0.3 is 13.2 Å². The fourth-order valence-electron chi connectivity index (χ4n) is 4.05. The second kappa shape index (κ2) is 8.58. The Balaban J connectivity index is 1.75. The minimum atomic E-state index is -0.705. The summed E-state index contributed by atoms with van der Waals surface area (Å²) in [7, 11) is -0.705. The molecule has 0 radical (unpaired) electrons. The monoisotopic (exact) mass is 462 g/mol. The summed E-state index contributed by atoms with van der Waals surface area (Å²) in [5.41, 5.74) is -0.575. The Bertz CT molecular complexity index is 904. The minimum Gasteiger partial charge on any atom is -0.444 e. The van der Waals surface area contributed by atoms with Gasteiger partial charge in [0.2, 0.25) is 0 Å². The normalized spacial score (nSPS) is 22.5. The maximum absolute atomic E-state index is 15.2. The summed E-state index contributed by atoms with van der Waals surface area (Å²) < 4.78 is 32.7. The number of halogens is 1. The molecule has 0 saturated carbocycles. The molecule has 9 heteroatoms. The number of ether oxygens (including phenoxy) is 1. The number of rotatable bonds is 2. The van der Waals surface area contributed by atoms with Gasteiger partial charge in [-0.05, 0) is 79.4 Å². The number of nitrogens with zero attached hydrogens (tertiary/aromatic N) is 2. The first-order valence-electron chi connectivity index (χ1n) is 11.5. The highest BCUT2D eigenvalue weighted by molar-refractivity contribution is 6.62. The third-order valence-corrected chi connectivity index (χ3v) is 6.59. The highest BCUT2D eigenvalue weighted by atomic mass is 19.1. The second-order valence-electron chi connectivity index (χ2n) is 11.1. The molecule has 2 fully saturated rings. The molecule has 2 aliphatic rings. The molecule has 1 aromatic rings. The number of piperazine rings is 1. The topological polar surface area (TPSA) is 68.3 Å².